The smallest absolute Gasteiger partial charge is 0.271 e. The molecule has 1 aliphatic heterocycles. The molecule has 24 heavy (non-hydrogen) atoms. The van der Waals surface area contributed by atoms with Crippen molar-refractivity contribution in [1.82, 2.24) is 20.2 Å². The summed E-state index contributed by atoms with van der Waals surface area (Å²) in [5.74, 6) is 0.654. The van der Waals surface area contributed by atoms with Crippen LogP contribution in [0.5, 0.6) is 0 Å². The van der Waals surface area contributed by atoms with Crippen LogP contribution < -0.4 is 10.6 Å². The number of nitrogens with zero attached hydrogens (tertiary/aromatic N) is 2. The number of rotatable bonds is 8. The molecule has 0 saturated heterocycles. The molecule has 2 amide bonds. The number of carbonyl (C=O) groups excluding carboxylic acids is 2. The van der Waals surface area contributed by atoms with Gasteiger partial charge < -0.3 is 19.9 Å². The Balaban J connectivity index is 1.53. The molecule has 2 heterocycles. The molecule has 1 unspecified atom stereocenters. The molecule has 7 heteroatoms. The van der Waals surface area contributed by atoms with E-state index in [4.69, 9.17) is 4.74 Å². The van der Waals surface area contributed by atoms with Crippen LogP contribution in [-0.2, 0) is 22.5 Å². The topological polar surface area (TPSA) is 85.2 Å². The van der Waals surface area contributed by atoms with Crippen LogP contribution in [0.25, 0.3) is 0 Å². The van der Waals surface area contributed by atoms with Gasteiger partial charge >= 0.3 is 0 Å². The summed E-state index contributed by atoms with van der Waals surface area (Å²) in [4.78, 5) is 28.7. The van der Waals surface area contributed by atoms with Crippen LogP contribution in [0.15, 0.2) is 6.33 Å². The van der Waals surface area contributed by atoms with Gasteiger partial charge in [-0.05, 0) is 38.0 Å². The van der Waals surface area contributed by atoms with Crippen molar-refractivity contribution >= 4 is 11.8 Å². The molecule has 1 aromatic heterocycles. The van der Waals surface area contributed by atoms with Crippen molar-refractivity contribution in [3.63, 3.8) is 0 Å². The van der Waals surface area contributed by atoms with Crippen molar-refractivity contribution in [2.45, 2.75) is 38.6 Å². The predicted octanol–water partition coefficient (Wildman–Crippen LogP) is 0.738. The lowest BCUT2D eigenvalue weighted by atomic mass is 9.96. The third-order valence-electron chi connectivity index (χ3n) is 4.75. The monoisotopic (exact) mass is 334 g/mol. The summed E-state index contributed by atoms with van der Waals surface area (Å²) in [6, 6.07) is 0. The molecule has 2 N–H and O–H groups in total. The van der Waals surface area contributed by atoms with E-state index in [1.54, 1.807) is 13.4 Å². The van der Waals surface area contributed by atoms with Crippen molar-refractivity contribution in [3.05, 3.63) is 17.7 Å². The van der Waals surface area contributed by atoms with Gasteiger partial charge in [0, 0.05) is 33.4 Å². The number of ether oxygens (including phenoxy) is 1. The molecule has 7 nitrogen and oxygen atoms in total. The Morgan fingerprint density at radius 3 is 2.92 bits per heavy atom. The normalized spacial score (nSPS) is 19.6. The fourth-order valence-electron chi connectivity index (χ4n) is 3.08. The second-order valence-corrected chi connectivity index (χ2v) is 6.72. The van der Waals surface area contributed by atoms with Crippen LogP contribution in [0.1, 0.15) is 41.9 Å². The Morgan fingerprint density at radius 1 is 1.33 bits per heavy atom. The summed E-state index contributed by atoms with van der Waals surface area (Å²) in [7, 11) is 1.64. The first-order valence-electron chi connectivity index (χ1n) is 8.78. The first-order valence-corrected chi connectivity index (χ1v) is 8.78. The maximum Gasteiger partial charge on any atom is 0.271 e. The van der Waals surface area contributed by atoms with Gasteiger partial charge in [-0.1, -0.05) is 0 Å². The summed E-state index contributed by atoms with van der Waals surface area (Å²) in [5.41, 5.74) is 1.43. The minimum absolute atomic E-state index is 0.0249. The van der Waals surface area contributed by atoms with Crippen molar-refractivity contribution in [1.29, 1.82) is 0 Å². The number of hydrogen-bond acceptors (Lipinski definition) is 4. The van der Waals surface area contributed by atoms with Crippen molar-refractivity contribution in [3.8, 4) is 0 Å². The van der Waals surface area contributed by atoms with Gasteiger partial charge in [0.2, 0.25) is 5.91 Å². The van der Waals surface area contributed by atoms with Gasteiger partial charge in [0.1, 0.15) is 5.69 Å². The number of carbonyl (C=O) groups is 2. The molecule has 0 aromatic carbocycles. The number of methoxy groups -OCH3 is 1. The average molecular weight is 334 g/mol. The van der Waals surface area contributed by atoms with E-state index in [-0.39, 0.29) is 17.7 Å². The molecule has 1 aromatic rings. The molecular weight excluding hydrogens is 308 g/mol. The molecule has 2 aliphatic rings. The molecule has 1 saturated carbocycles. The van der Waals surface area contributed by atoms with Gasteiger partial charge in [-0.3, -0.25) is 9.59 Å². The highest BCUT2D eigenvalue weighted by Crippen LogP contribution is 2.28. The maximum absolute atomic E-state index is 12.2. The van der Waals surface area contributed by atoms with E-state index in [1.807, 2.05) is 4.57 Å². The van der Waals surface area contributed by atoms with Gasteiger partial charge in [0.15, 0.2) is 0 Å². The molecule has 0 spiro atoms. The molecule has 1 aliphatic carbocycles. The second-order valence-electron chi connectivity index (χ2n) is 6.72. The summed E-state index contributed by atoms with van der Waals surface area (Å²) < 4.78 is 6.92. The summed E-state index contributed by atoms with van der Waals surface area (Å²) in [6.07, 6.45) is 6.41. The highest BCUT2D eigenvalue weighted by Gasteiger charge is 2.29. The molecule has 3 rings (SSSR count). The number of hydrogen-bond donors (Lipinski definition) is 2. The highest BCUT2D eigenvalue weighted by molar-refractivity contribution is 5.93. The quantitative estimate of drug-likeness (QED) is 0.687. The zero-order valence-corrected chi connectivity index (χ0v) is 14.2. The first kappa shape index (κ1) is 17.0. The highest BCUT2D eigenvalue weighted by atomic mass is 16.5. The van der Waals surface area contributed by atoms with E-state index < -0.39 is 0 Å². The number of fused-ring (bicyclic) bond motifs is 1. The van der Waals surface area contributed by atoms with Crippen molar-refractivity contribution in [2.24, 2.45) is 11.8 Å². The lowest BCUT2D eigenvalue weighted by Gasteiger charge is -2.24. The maximum atomic E-state index is 12.2. The number of aromatic nitrogens is 2. The van der Waals surface area contributed by atoms with Crippen LogP contribution in [0.2, 0.25) is 0 Å². The number of amides is 2. The Bertz CT molecular complexity index is 595. The molecule has 132 valence electrons. The Morgan fingerprint density at radius 2 is 2.17 bits per heavy atom. The summed E-state index contributed by atoms with van der Waals surface area (Å²) in [5, 5.41) is 5.92. The van der Waals surface area contributed by atoms with Gasteiger partial charge in [-0.2, -0.15) is 0 Å². The molecule has 0 radical (unpaired) electrons. The van der Waals surface area contributed by atoms with E-state index in [2.05, 4.69) is 15.6 Å². The van der Waals surface area contributed by atoms with E-state index in [1.165, 1.54) is 12.8 Å². The number of nitrogens with one attached hydrogen (secondary N) is 2. The molecule has 1 atom stereocenters. The van der Waals surface area contributed by atoms with Crippen molar-refractivity contribution < 1.29 is 14.3 Å². The minimum atomic E-state index is -0.142. The summed E-state index contributed by atoms with van der Waals surface area (Å²) in [6.45, 7) is 2.61. The van der Waals surface area contributed by atoms with Gasteiger partial charge in [0.05, 0.1) is 17.9 Å². The van der Waals surface area contributed by atoms with Gasteiger partial charge in [0.25, 0.3) is 5.91 Å². The number of imidazole rings is 1. The minimum Gasteiger partial charge on any atom is -0.385 e. The average Bonchev–Trinajstić information content (AvgIpc) is 3.33. The Labute approximate surface area is 142 Å². The Hall–Kier alpha value is -1.89. The molecule has 1 fully saturated rings. The lowest BCUT2D eigenvalue weighted by molar-refractivity contribution is -0.126. The largest absolute Gasteiger partial charge is 0.385 e. The fourth-order valence-corrected chi connectivity index (χ4v) is 3.08. The molecule has 0 bridgehead atoms. The zero-order chi connectivity index (χ0) is 16.9. The standard InChI is InChI=1S/C17H26N4O3/c1-24-8-2-7-18-17(23)15-14-6-5-13(10-21(14)11-20-15)16(22)19-9-12-3-4-12/h11-13H,2-10H2,1H3,(H,18,23)(H,19,22). The van der Waals surface area contributed by atoms with E-state index >= 15 is 0 Å². The summed E-state index contributed by atoms with van der Waals surface area (Å²) >= 11 is 0. The van der Waals surface area contributed by atoms with Crippen LogP contribution in [0, 0.1) is 11.8 Å². The lowest BCUT2D eigenvalue weighted by Crippen LogP contribution is -2.37. The van der Waals surface area contributed by atoms with E-state index in [9.17, 15) is 9.59 Å². The van der Waals surface area contributed by atoms with Crippen LogP contribution >= 0.6 is 0 Å². The third kappa shape index (κ3) is 4.14. The van der Waals surface area contributed by atoms with Gasteiger partial charge in [-0.15, -0.1) is 0 Å². The van der Waals surface area contributed by atoms with Gasteiger partial charge in [-0.25, -0.2) is 4.98 Å². The van der Waals surface area contributed by atoms with Crippen LogP contribution in [-0.4, -0.2) is 48.2 Å². The van der Waals surface area contributed by atoms with Crippen LogP contribution in [0.3, 0.4) is 0 Å². The van der Waals surface area contributed by atoms with E-state index in [0.29, 0.717) is 37.7 Å². The second kappa shape index (κ2) is 7.79. The SMILES string of the molecule is COCCCNC(=O)c1ncn2c1CCC(C(=O)NCC1CC1)C2. The fraction of sp³-hybridized carbons (Fsp3) is 0.706. The molecular formula is C17H26N4O3. The zero-order valence-electron chi connectivity index (χ0n) is 14.2. The Kier molecular flexibility index (Phi) is 5.50. The van der Waals surface area contributed by atoms with Crippen LogP contribution in [0.4, 0.5) is 0 Å². The first-order chi connectivity index (χ1) is 11.7. The predicted molar refractivity (Wildman–Crippen MR) is 88.6 cm³/mol. The van der Waals surface area contributed by atoms with Crippen molar-refractivity contribution in [2.75, 3.05) is 26.8 Å². The third-order valence-corrected chi connectivity index (χ3v) is 4.75. The van der Waals surface area contributed by atoms with E-state index in [0.717, 1.165) is 25.1 Å².